The van der Waals surface area contributed by atoms with Gasteiger partial charge in [0, 0.05) is 12.7 Å². The number of hydroxylamine groups is 2. The largest absolute Gasteiger partial charge is 0.389 e. The van der Waals surface area contributed by atoms with Crippen LogP contribution in [0, 0.1) is 0 Å². The zero-order chi connectivity index (χ0) is 5.98. The summed E-state index contributed by atoms with van der Waals surface area (Å²) in [4.78, 5) is 0. The van der Waals surface area contributed by atoms with Crippen molar-refractivity contribution in [3.63, 3.8) is 0 Å². The van der Waals surface area contributed by atoms with E-state index in [1.54, 1.807) is 6.08 Å². The second-order valence-corrected chi connectivity index (χ2v) is 1.86. The zero-order valence-electron chi connectivity index (χ0n) is 4.49. The van der Waals surface area contributed by atoms with Gasteiger partial charge in [0.2, 0.25) is 0 Å². The van der Waals surface area contributed by atoms with Gasteiger partial charge in [-0.25, -0.2) is 0 Å². The summed E-state index contributed by atoms with van der Waals surface area (Å²) in [6.07, 6.45) is 3.28. The molecule has 1 aliphatic rings. The molecule has 0 aliphatic carbocycles. The molecule has 1 heterocycles. The predicted octanol–water partition coefficient (Wildman–Crippen LogP) is -0.0441. The fourth-order valence-corrected chi connectivity index (χ4v) is 0.634. The Morgan fingerprint density at radius 3 is 2.75 bits per heavy atom. The summed E-state index contributed by atoms with van der Waals surface area (Å²) in [7, 11) is 0. The molecule has 0 saturated carbocycles. The van der Waals surface area contributed by atoms with Crippen molar-refractivity contribution in [2.24, 2.45) is 0 Å². The van der Waals surface area contributed by atoms with Gasteiger partial charge in [-0.05, 0) is 12.5 Å². The van der Waals surface area contributed by atoms with Gasteiger partial charge in [-0.3, -0.25) is 10.3 Å². The Balaban J connectivity index is 2.42. The summed E-state index contributed by atoms with van der Waals surface area (Å²) in [5.74, 6) is 0. The summed E-state index contributed by atoms with van der Waals surface area (Å²) in [6, 6.07) is 0. The molecule has 46 valence electrons. The minimum atomic E-state index is -0.363. The van der Waals surface area contributed by atoms with Gasteiger partial charge in [-0.2, -0.15) is 0 Å². The van der Waals surface area contributed by atoms with Crippen LogP contribution in [0.5, 0.6) is 0 Å². The fourth-order valence-electron chi connectivity index (χ4n) is 0.634. The van der Waals surface area contributed by atoms with Gasteiger partial charge in [0.25, 0.3) is 0 Å². The van der Waals surface area contributed by atoms with Gasteiger partial charge in [0.1, 0.15) is 0 Å². The van der Waals surface area contributed by atoms with Crippen LogP contribution in [-0.2, 0) is 0 Å². The van der Waals surface area contributed by atoms with E-state index in [9.17, 15) is 0 Å². The van der Waals surface area contributed by atoms with Gasteiger partial charge < -0.3 is 5.11 Å². The van der Waals surface area contributed by atoms with Crippen molar-refractivity contribution in [2.75, 3.05) is 6.54 Å². The summed E-state index contributed by atoms with van der Waals surface area (Å²) in [5.41, 5.74) is 0. The molecule has 0 radical (unpaired) electrons. The first-order valence-corrected chi connectivity index (χ1v) is 2.61. The highest BCUT2D eigenvalue weighted by Gasteiger charge is 2.06. The number of rotatable bonds is 0. The summed E-state index contributed by atoms with van der Waals surface area (Å²) in [5, 5.41) is 18.5. The third kappa shape index (κ3) is 1.21. The van der Waals surface area contributed by atoms with Crippen molar-refractivity contribution >= 4 is 0 Å². The molecule has 1 aliphatic heterocycles. The highest BCUT2D eigenvalue weighted by molar-refractivity contribution is 4.90. The average Bonchev–Trinajstić information content (AvgIpc) is 1.77. The van der Waals surface area contributed by atoms with E-state index in [1.165, 1.54) is 6.20 Å². The third-order valence-corrected chi connectivity index (χ3v) is 1.13. The molecule has 0 amide bonds. The van der Waals surface area contributed by atoms with Crippen molar-refractivity contribution in [2.45, 2.75) is 12.5 Å². The van der Waals surface area contributed by atoms with Crippen LogP contribution >= 0.6 is 0 Å². The van der Waals surface area contributed by atoms with Gasteiger partial charge in [-0.15, -0.1) is 0 Å². The monoisotopic (exact) mass is 115 g/mol. The van der Waals surface area contributed by atoms with Crippen molar-refractivity contribution in [1.29, 1.82) is 0 Å². The molecule has 1 atom stereocenters. The lowest BCUT2D eigenvalue weighted by Gasteiger charge is -2.18. The van der Waals surface area contributed by atoms with Crippen molar-refractivity contribution in [3.8, 4) is 0 Å². The smallest absolute Gasteiger partial charge is 0.0756 e. The van der Waals surface area contributed by atoms with Crippen LogP contribution in [0.2, 0.25) is 0 Å². The molecule has 0 spiro atoms. The van der Waals surface area contributed by atoms with Gasteiger partial charge in [0.15, 0.2) is 0 Å². The van der Waals surface area contributed by atoms with Crippen LogP contribution in [0.25, 0.3) is 0 Å². The van der Waals surface area contributed by atoms with Crippen LogP contribution in [-0.4, -0.2) is 28.0 Å². The number of nitrogens with zero attached hydrogens (tertiary/aromatic N) is 1. The van der Waals surface area contributed by atoms with E-state index in [2.05, 4.69) is 0 Å². The maximum atomic E-state index is 8.80. The van der Waals surface area contributed by atoms with E-state index in [4.69, 9.17) is 10.3 Å². The first kappa shape index (κ1) is 5.59. The quantitative estimate of drug-likeness (QED) is 0.465. The van der Waals surface area contributed by atoms with Gasteiger partial charge >= 0.3 is 0 Å². The van der Waals surface area contributed by atoms with Gasteiger partial charge in [-0.1, -0.05) is 0 Å². The fraction of sp³-hybridized carbons (Fsp3) is 0.600. The van der Waals surface area contributed by atoms with Crippen molar-refractivity contribution in [1.82, 2.24) is 5.06 Å². The molecule has 8 heavy (non-hydrogen) atoms. The molecule has 1 rings (SSSR count). The molecule has 0 aromatic carbocycles. The van der Waals surface area contributed by atoms with E-state index < -0.39 is 0 Å². The Hall–Kier alpha value is -0.540. The Kier molecular flexibility index (Phi) is 1.50. The number of aliphatic hydroxyl groups excluding tert-OH is 1. The van der Waals surface area contributed by atoms with Crippen molar-refractivity contribution < 1.29 is 10.3 Å². The lowest BCUT2D eigenvalue weighted by atomic mass is 10.2. The molecule has 0 aromatic rings. The molecule has 3 heteroatoms. The highest BCUT2D eigenvalue weighted by Crippen LogP contribution is 2.02. The Bertz CT molecular complexity index is 90.6. The number of hydrogen-bond donors (Lipinski definition) is 2. The lowest BCUT2D eigenvalue weighted by molar-refractivity contribution is -0.0553. The minimum Gasteiger partial charge on any atom is -0.389 e. The molecular weight excluding hydrogens is 106 g/mol. The Labute approximate surface area is 47.8 Å². The highest BCUT2D eigenvalue weighted by atomic mass is 16.5. The molecule has 0 fully saturated rings. The Morgan fingerprint density at radius 2 is 2.38 bits per heavy atom. The first-order valence-electron chi connectivity index (χ1n) is 2.61. The van der Waals surface area contributed by atoms with E-state index in [0.29, 0.717) is 13.0 Å². The van der Waals surface area contributed by atoms with E-state index in [-0.39, 0.29) is 6.10 Å². The summed E-state index contributed by atoms with van der Waals surface area (Å²) >= 11 is 0. The predicted molar refractivity (Wildman–Crippen MR) is 28.3 cm³/mol. The van der Waals surface area contributed by atoms with Crippen LogP contribution in [0.4, 0.5) is 0 Å². The maximum absolute atomic E-state index is 8.80. The van der Waals surface area contributed by atoms with Crippen LogP contribution in [0.1, 0.15) is 6.42 Å². The Morgan fingerprint density at radius 1 is 1.62 bits per heavy atom. The molecule has 0 aromatic heterocycles. The topological polar surface area (TPSA) is 43.7 Å². The molecule has 3 nitrogen and oxygen atoms in total. The number of aliphatic hydroxyl groups is 1. The average molecular weight is 115 g/mol. The zero-order valence-corrected chi connectivity index (χ0v) is 4.49. The molecule has 1 unspecified atom stereocenters. The SMILES string of the molecule is OC1C=CN(O)CC1. The molecule has 0 bridgehead atoms. The van der Waals surface area contributed by atoms with Crippen molar-refractivity contribution in [3.05, 3.63) is 12.3 Å². The summed E-state index contributed by atoms with van der Waals surface area (Å²) < 4.78 is 0. The first-order chi connectivity index (χ1) is 3.79. The molecule has 0 saturated heterocycles. The van der Waals surface area contributed by atoms with E-state index in [1.807, 2.05) is 0 Å². The van der Waals surface area contributed by atoms with Crippen LogP contribution < -0.4 is 0 Å². The van der Waals surface area contributed by atoms with Crippen LogP contribution in [0.3, 0.4) is 0 Å². The second kappa shape index (κ2) is 2.15. The normalized spacial score (nSPS) is 28.8. The second-order valence-electron chi connectivity index (χ2n) is 1.86. The summed E-state index contributed by atoms with van der Waals surface area (Å²) in [6.45, 7) is 0.525. The van der Waals surface area contributed by atoms with Gasteiger partial charge in [0.05, 0.1) is 6.10 Å². The molecular formula is C5H9NO2. The van der Waals surface area contributed by atoms with E-state index >= 15 is 0 Å². The number of hydrogen-bond acceptors (Lipinski definition) is 3. The van der Waals surface area contributed by atoms with Crippen LogP contribution in [0.15, 0.2) is 12.3 Å². The molecule has 2 N–H and O–H groups in total. The minimum absolute atomic E-state index is 0.363. The van der Waals surface area contributed by atoms with E-state index in [0.717, 1.165) is 5.06 Å². The maximum Gasteiger partial charge on any atom is 0.0756 e. The third-order valence-electron chi connectivity index (χ3n) is 1.13. The lowest BCUT2D eigenvalue weighted by Crippen LogP contribution is -2.23. The standard InChI is InChI=1S/C5H9NO2/c7-5-1-3-6(8)4-2-5/h1,3,5,7-8H,2,4H2.